The molecule has 0 saturated carbocycles. The second-order valence-electron chi connectivity index (χ2n) is 2.58. The molecule has 0 radical (unpaired) electrons. The molecule has 1 N–H and O–H groups in total. The average Bonchev–Trinajstić information content (AvgIpc) is 2.52. The Morgan fingerprint density at radius 1 is 1.75 bits per heavy atom. The highest BCUT2D eigenvalue weighted by Gasteiger charge is 2.27. The van der Waals surface area contributed by atoms with Gasteiger partial charge in [0.15, 0.2) is 6.29 Å². The van der Waals surface area contributed by atoms with Crippen molar-refractivity contribution in [2.45, 2.75) is 18.5 Å². The van der Waals surface area contributed by atoms with Gasteiger partial charge in [-0.25, -0.2) is 0 Å². The Kier molecular flexibility index (Phi) is 2.79. The van der Waals surface area contributed by atoms with Crippen molar-refractivity contribution >= 4 is 12.1 Å². The molecule has 12 heavy (non-hydrogen) atoms. The first-order valence-corrected chi connectivity index (χ1v) is 3.54. The Morgan fingerprint density at radius 2 is 2.50 bits per heavy atom. The summed E-state index contributed by atoms with van der Waals surface area (Å²) >= 11 is 0. The summed E-state index contributed by atoms with van der Waals surface area (Å²) in [5, 5.41) is 6.24. The lowest BCUT2D eigenvalue weighted by molar-refractivity contribution is -0.131. The van der Waals surface area contributed by atoms with Gasteiger partial charge in [-0.3, -0.25) is 9.59 Å². The first kappa shape index (κ1) is 8.70. The third-order valence-electron chi connectivity index (χ3n) is 1.78. The fourth-order valence-electron chi connectivity index (χ4n) is 1.18. The highest BCUT2D eigenvalue weighted by molar-refractivity contribution is 6.27. The van der Waals surface area contributed by atoms with Crippen LogP contribution in [0.4, 0.5) is 0 Å². The number of nitrogens with one attached hydrogen (secondary N) is 1. The molecule has 0 aromatic heterocycles. The van der Waals surface area contributed by atoms with Gasteiger partial charge < -0.3 is 5.32 Å². The maximum atomic E-state index is 10.8. The lowest BCUT2D eigenvalue weighted by atomic mass is 10.1. The second-order valence-corrected chi connectivity index (χ2v) is 2.58. The maximum Gasteiger partial charge on any atom is 0.212 e. The molecule has 1 fully saturated rings. The first-order chi connectivity index (χ1) is 5.77. The summed E-state index contributed by atoms with van der Waals surface area (Å²) in [6.07, 6.45) is 0.706. The minimum absolute atomic E-state index is 0.205. The Morgan fingerprint density at radius 3 is 3.08 bits per heavy atom. The van der Waals surface area contributed by atoms with Gasteiger partial charge in [0.2, 0.25) is 5.78 Å². The Hall–Kier alpha value is -1.39. The van der Waals surface area contributed by atoms with Crippen LogP contribution in [0.25, 0.3) is 10.4 Å². The van der Waals surface area contributed by atoms with Crippen molar-refractivity contribution in [2.24, 2.45) is 5.11 Å². The molecule has 1 rings (SSSR count). The average molecular weight is 168 g/mol. The third-order valence-corrected chi connectivity index (χ3v) is 1.78. The Bertz CT molecular complexity index is 246. The standard InChI is InChI=1S/C6H8N4O2/c7-10-9-4-1-5(8-2-4)6(12)3-11/h3-5,8H,1-2H2. The van der Waals surface area contributed by atoms with Gasteiger partial charge in [-0.1, -0.05) is 5.11 Å². The van der Waals surface area contributed by atoms with E-state index in [1.165, 1.54) is 0 Å². The number of carbonyl (C=O) groups excluding carboxylic acids is 2. The molecule has 1 aliphatic rings. The van der Waals surface area contributed by atoms with Crippen molar-refractivity contribution in [3.8, 4) is 0 Å². The molecule has 6 heteroatoms. The van der Waals surface area contributed by atoms with Crippen LogP contribution in [0.3, 0.4) is 0 Å². The van der Waals surface area contributed by atoms with E-state index >= 15 is 0 Å². The zero-order valence-electron chi connectivity index (χ0n) is 6.30. The van der Waals surface area contributed by atoms with E-state index in [2.05, 4.69) is 15.3 Å². The molecule has 0 bridgehead atoms. The summed E-state index contributed by atoms with van der Waals surface area (Å²) in [6, 6.07) is -0.665. The number of nitrogens with zero attached hydrogens (tertiary/aromatic N) is 3. The quantitative estimate of drug-likeness (QED) is 0.208. The first-order valence-electron chi connectivity index (χ1n) is 3.54. The van der Waals surface area contributed by atoms with Crippen LogP contribution in [-0.2, 0) is 9.59 Å². The number of aldehydes is 1. The lowest BCUT2D eigenvalue weighted by Gasteiger charge is -2.01. The zero-order valence-corrected chi connectivity index (χ0v) is 6.30. The molecular formula is C6H8N4O2. The fraction of sp³-hybridized carbons (Fsp3) is 0.667. The van der Waals surface area contributed by atoms with Gasteiger partial charge in [-0.15, -0.1) is 0 Å². The smallest absolute Gasteiger partial charge is 0.212 e. The van der Waals surface area contributed by atoms with E-state index in [0.29, 0.717) is 13.0 Å². The van der Waals surface area contributed by atoms with E-state index < -0.39 is 11.8 Å². The van der Waals surface area contributed by atoms with E-state index in [0.717, 1.165) is 0 Å². The number of Topliss-reactive ketones (excluding diaryl/α,β-unsaturated/α-hetero) is 1. The van der Waals surface area contributed by atoms with E-state index in [-0.39, 0.29) is 12.3 Å². The number of ketones is 1. The monoisotopic (exact) mass is 168 g/mol. The van der Waals surface area contributed by atoms with Crippen molar-refractivity contribution in [3.63, 3.8) is 0 Å². The summed E-state index contributed by atoms with van der Waals surface area (Å²) in [5.41, 5.74) is 8.08. The van der Waals surface area contributed by atoms with Crippen molar-refractivity contribution < 1.29 is 9.59 Å². The van der Waals surface area contributed by atoms with E-state index in [4.69, 9.17) is 5.53 Å². The molecule has 1 aliphatic heterocycles. The minimum atomic E-state index is -0.481. The van der Waals surface area contributed by atoms with Crippen molar-refractivity contribution in [1.82, 2.24) is 5.32 Å². The van der Waals surface area contributed by atoms with Crippen molar-refractivity contribution in [3.05, 3.63) is 10.4 Å². The molecule has 1 saturated heterocycles. The van der Waals surface area contributed by atoms with Crippen molar-refractivity contribution in [2.75, 3.05) is 6.54 Å². The lowest BCUT2D eigenvalue weighted by Crippen LogP contribution is -2.31. The molecule has 0 aromatic rings. The summed E-state index contributed by atoms with van der Waals surface area (Å²) in [5.74, 6) is -0.481. The molecule has 0 aromatic carbocycles. The number of carbonyl (C=O) groups is 2. The maximum absolute atomic E-state index is 10.8. The predicted molar refractivity (Wildman–Crippen MR) is 40.4 cm³/mol. The van der Waals surface area contributed by atoms with Gasteiger partial charge in [-0.2, -0.15) is 0 Å². The minimum Gasteiger partial charge on any atom is -0.307 e. The summed E-state index contributed by atoms with van der Waals surface area (Å²) in [6.45, 7) is 0.467. The molecule has 0 spiro atoms. The SMILES string of the molecule is [N-]=[N+]=NC1CNC(C(=O)C=O)C1. The highest BCUT2D eigenvalue weighted by Crippen LogP contribution is 2.10. The number of azide groups is 1. The van der Waals surface area contributed by atoms with Crippen molar-refractivity contribution in [1.29, 1.82) is 0 Å². The molecule has 1 heterocycles. The van der Waals surface area contributed by atoms with Gasteiger partial charge in [0.25, 0.3) is 0 Å². The summed E-state index contributed by atoms with van der Waals surface area (Å²) in [7, 11) is 0. The molecule has 6 nitrogen and oxygen atoms in total. The Balaban J connectivity index is 2.50. The number of rotatable bonds is 3. The van der Waals surface area contributed by atoms with Crippen LogP contribution in [0.5, 0.6) is 0 Å². The largest absolute Gasteiger partial charge is 0.307 e. The zero-order chi connectivity index (χ0) is 8.97. The number of hydrogen-bond donors (Lipinski definition) is 1. The van der Waals surface area contributed by atoms with Gasteiger partial charge in [0.05, 0.1) is 12.1 Å². The van der Waals surface area contributed by atoms with Crippen LogP contribution in [0.1, 0.15) is 6.42 Å². The van der Waals surface area contributed by atoms with Gasteiger partial charge in [-0.05, 0) is 12.0 Å². The second kappa shape index (κ2) is 3.85. The van der Waals surface area contributed by atoms with Crippen LogP contribution in [0.2, 0.25) is 0 Å². The fourth-order valence-corrected chi connectivity index (χ4v) is 1.18. The summed E-state index contributed by atoms with van der Waals surface area (Å²) in [4.78, 5) is 23.5. The number of hydrogen-bond acceptors (Lipinski definition) is 4. The van der Waals surface area contributed by atoms with Gasteiger partial charge in [0.1, 0.15) is 0 Å². The third kappa shape index (κ3) is 1.81. The van der Waals surface area contributed by atoms with Crippen LogP contribution < -0.4 is 5.32 Å². The molecule has 2 atom stereocenters. The van der Waals surface area contributed by atoms with Crippen LogP contribution in [0.15, 0.2) is 5.11 Å². The highest BCUT2D eigenvalue weighted by atomic mass is 16.2. The van der Waals surface area contributed by atoms with E-state index in [1.54, 1.807) is 0 Å². The van der Waals surface area contributed by atoms with Crippen LogP contribution in [0, 0.1) is 0 Å². The van der Waals surface area contributed by atoms with E-state index in [1.807, 2.05) is 0 Å². The van der Waals surface area contributed by atoms with Gasteiger partial charge in [0, 0.05) is 11.5 Å². The topological polar surface area (TPSA) is 94.9 Å². The Labute approximate surface area is 68.6 Å². The molecular weight excluding hydrogens is 160 g/mol. The molecule has 0 aliphatic carbocycles. The molecule has 64 valence electrons. The van der Waals surface area contributed by atoms with Crippen LogP contribution >= 0.6 is 0 Å². The predicted octanol–water partition coefficient (Wildman–Crippen LogP) is -0.205. The van der Waals surface area contributed by atoms with Gasteiger partial charge >= 0.3 is 0 Å². The summed E-state index contributed by atoms with van der Waals surface area (Å²) < 4.78 is 0. The molecule has 2 unspecified atom stereocenters. The molecule has 0 amide bonds. The van der Waals surface area contributed by atoms with Crippen LogP contribution in [-0.4, -0.2) is 30.7 Å². The van der Waals surface area contributed by atoms with E-state index in [9.17, 15) is 9.59 Å². The normalized spacial score (nSPS) is 27.7.